The van der Waals surface area contributed by atoms with E-state index in [1.54, 1.807) is 30.3 Å². The summed E-state index contributed by atoms with van der Waals surface area (Å²) < 4.78 is 0. The van der Waals surface area contributed by atoms with Crippen molar-refractivity contribution in [3.8, 4) is 5.75 Å². The highest BCUT2D eigenvalue weighted by atomic mass is 35.5. The predicted molar refractivity (Wildman–Crippen MR) is 111 cm³/mol. The second kappa shape index (κ2) is 8.54. The average molecular weight is 396 g/mol. The highest BCUT2D eigenvalue weighted by Gasteiger charge is 2.10. The van der Waals surface area contributed by atoms with E-state index in [1.807, 2.05) is 31.2 Å². The minimum absolute atomic E-state index is 0.0469. The predicted octanol–water partition coefficient (Wildman–Crippen LogP) is 3.99. The molecule has 0 unspecified atom stereocenters. The number of hydrogen-bond donors (Lipinski definition) is 3. The summed E-state index contributed by atoms with van der Waals surface area (Å²) in [6.45, 7) is 1.85. The quantitative estimate of drug-likeness (QED) is 0.346. The first kappa shape index (κ1) is 19.4. The third-order valence-electron chi connectivity index (χ3n) is 4.11. The molecule has 28 heavy (non-hydrogen) atoms. The monoisotopic (exact) mass is 395 g/mol. The fourth-order valence-corrected chi connectivity index (χ4v) is 2.83. The van der Waals surface area contributed by atoms with E-state index in [9.17, 15) is 14.7 Å². The van der Waals surface area contributed by atoms with Gasteiger partial charge < -0.3 is 10.4 Å². The Hall–Kier alpha value is -3.38. The molecule has 0 saturated carbocycles. The number of phenolic OH excluding ortho intramolecular Hbond substituents is 1. The summed E-state index contributed by atoms with van der Waals surface area (Å²) in [6, 6.07) is 15.9. The number of benzene rings is 3. The molecule has 0 radical (unpaired) electrons. The van der Waals surface area contributed by atoms with Crippen molar-refractivity contribution in [2.75, 3.05) is 5.32 Å². The van der Waals surface area contributed by atoms with E-state index in [0.29, 0.717) is 16.3 Å². The van der Waals surface area contributed by atoms with Crippen LogP contribution in [-0.2, 0) is 9.59 Å². The number of carbonyl (C=O) groups is 2. The standard InChI is InChI=1S/C21H18ClN3O3/c1-13-6-8-15(10-18(13)22)24-20(27)11-21(28)25-23-12-17-16-5-3-2-4-14(16)7-9-19(17)26/h2-10,12,26H,11H2,1H3,(H,24,27)(H,25,28)/b23-12+. The van der Waals surface area contributed by atoms with Crippen molar-refractivity contribution in [1.82, 2.24) is 5.43 Å². The Morgan fingerprint density at radius 1 is 1.11 bits per heavy atom. The van der Waals surface area contributed by atoms with Crippen molar-refractivity contribution in [2.24, 2.45) is 5.10 Å². The van der Waals surface area contributed by atoms with Gasteiger partial charge in [0.25, 0.3) is 0 Å². The summed E-state index contributed by atoms with van der Waals surface area (Å²) in [6.07, 6.45) is 0.956. The topological polar surface area (TPSA) is 90.8 Å². The molecule has 0 spiro atoms. The number of fused-ring (bicyclic) bond motifs is 1. The molecular weight excluding hydrogens is 378 g/mol. The van der Waals surface area contributed by atoms with Gasteiger partial charge >= 0.3 is 0 Å². The second-order valence-corrected chi connectivity index (χ2v) is 6.61. The highest BCUT2D eigenvalue weighted by molar-refractivity contribution is 6.31. The molecule has 0 saturated heterocycles. The fourth-order valence-electron chi connectivity index (χ4n) is 2.65. The number of rotatable bonds is 5. The summed E-state index contributed by atoms with van der Waals surface area (Å²) in [7, 11) is 0. The van der Waals surface area contributed by atoms with Crippen molar-refractivity contribution < 1.29 is 14.7 Å². The van der Waals surface area contributed by atoms with Crippen LogP contribution in [-0.4, -0.2) is 23.1 Å². The molecule has 7 heteroatoms. The Bertz CT molecular complexity index is 1080. The van der Waals surface area contributed by atoms with E-state index in [1.165, 1.54) is 6.21 Å². The van der Waals surface area contributed by atoms with Crippen LogP contribution in [0.1, 0.15) is 17.5 Å². The van der Waals surface area contributed by atoms with Gasteiger partial charge in [0, 0.05) is 16.3 Å². The van der Waals surface area contributed by atoms with Crippen LogP contribution in [0.5, 0.6) is 5.75 Å². The van der Waals surface area contributed by atoms with Crippen molar-refractivity contribution in [1.29, 1.82) is 0 Å². The molecule has 142 valence electrons. The lowest BCUT2D eigenvalue weighted by Gasteiger charge is -2.07. The fraction of sp³-hybridized carbons (Fsp3) is 0.0952. The first-order valence-electron chi connectivity index (χ1n) is 8.52. The van der Waals surface area contributed by atoms with Crippen molar-refractivity contribution >= 4 is 46.1 Å². The van der Waals surface area contributed by atoms with Gasteiger partial charge in [0.15, 0.2) is 0 Å². The average Bonchev–Trinajstić information content (AvgIpc) is 2.66. The molecule has 3 N–H and O–H groups in total. The molecule has 3 aromatic carbocycles. The normalized spacial score (nSPS) is 10.9. The van der Waals surface area contributed by atoms with Gasteiger partial charge in [-0.15, -0.1) is 0 Å². The lowest BCUT2D eigenvalue weighted by Crippen LogP contribution is -2.24. The van der Waals surface area contributed by atoms with Gasteiger partial charge in [-0.3, -0.25) is 9.59 Å². The Morgan fingerprint density at radius 2 is 1.89 bits per heavy atom. The van der Waals surface area contributed by atoms with Crippen LogP contribution in [0.2, 0.25) is 5.02 Å². The van der Waals surface area contributed by atoms with Crippen molar-refractivity contribution in [3.63, 3.8) is 0 Å². The number of phenols is 1. The third-order valence-corrected chi connectivity index (χ3v) is 4.51. The summed E-state index contributed by atoms with van der Waals surface area (Å²) in [5, 5.41) is 18.8. The van der Waals surface area contributed by atoms with Gasteiger partial charge in [-0.2, -0.15) is 5.10 Å². The van der Waals surface area contributed by atoms with Crippen LogP contribution in [0, 0.1) is 6.92 Å². The van der Waals surface area contributed by atoms with Gasteiger partial charge in [-0.05, 0) is 41.5 Å². The molecule has 0 aliphatic carbocycles. The van der Waals surface area contributed by atoms with Gasteiger partial charge in [-0.25, -0.2) is 5.43 Å². The summed E-state index contributed by atoms with van der Waals surface area (Å²) in [5.41, 5.74) is 4.18. The van der Waals surface area contributed by atoms with Crippen LogP contribution < -0.4 is 10.7 Å². The molecule has 2 amide bonds. The number of anilines is 1. The summed E-state index contributed by atoms with van der Waals surface area (Å²) >= 11 is 6.01. The maximum absolute atomic E-state index is 12.0. The van der Waals surface area contributed by atoms with Gasteiger partial charge in [0.05, 0.1) is 6.21 Å². The lowest BCUT2D eigenvalue weighted by molar-refractivity contribution is -0.126. The zero-order valence-corrected chi connectivity index (χ0v) is 15.8. The Balaban J connectivity index is 1.60. The van der Waals surface area contributed by atoms with E-state index in [0.717, 1.165) is 16.3 Å². The summed E-state index contributed by atoms with van der Waals surface area (Å²) in [4.78, 5) is 23.9. The molecule has 0 aromatic heterocycles. The maximum atomic E-state index is 12.0. The van der Waals surface area contributed by atoms with E-state index in [4.69, 9.17) is 11.6 Å². The minimum Gasteiger partial charge on any atom is -0.507 e. The number of aromatic hydroxyl groups is 1. The SMILES string of the molecule is Cc1ccc(NC(=O)CC(=O)N/N=C/c2c(O)ccc3ccccc23)cc1Cl. The smallest absolute Gasteiger partial charge is 0.249 e. The minimum atomic E-state index is -0.577. The molecule has 3 aromatic rings. The van der Waals surface area contributed by atoms with Gasteiger partial charge in [-0.1, -0.05) is 48.0 Å². The van der Waals surface area contributed by atoms with Crippen LogP contribution in [0.3, 0.4) is 0 Å². The number of hydrogen-bond acceptors (Lipinski definition) is 4. The molecule has 0 fully saturated rings. The van der Waals surface area contributed by atoms with Crippen LogP contribution in [0.25, 0.3) is 10.8 Å². The Labute approximate surface area is 166 Å². The third kappa shape index (κ3) is 4.66. The molecule has 0 bridgehead atoms. The molecule has 6 nitrogen and oxygen atoms in total. The number of halogens is 1. The van der Waals surface area contributed by atoms with E-state index < -0.39 is 18.2 Å². The first-order valence-corrected chi connectivity index (χ1v) is 8.90. The van der Waals surface area contributed by atoms with E-state index in [-0.39, 0.29) is 5.75 Å². The van der Waals surface area contributed by atoms with E-state index in [2.05, 4.69) is 15.8 Å². The Kier molecular flexibility index (Phi) is 5.91. The first-order chi connectivity index (χ1) is 13.4. The largest absolute Gasteiger partial charge is 0.507 e. The zero-order chi connectivity index (χ0) is 20.1. The van der Waals surface area contributed by atoms with Crippen LogP contribution in [0.4, 0.5) is 5.69 Å². The summed E-state index contributed by atoms with van der Waals surface area (Å²) in [5.74, 6) is -1.02. The molecular formula is C21H18ClN3O3. The maximum Gasteiger partial charge on any atom is 0.249 e. The Morgan fingerprint density at radius 3 is 2.68 bits per heavy atom. The van der Waals surface area contributed by atoms with Crippen molar-refractivity contribution in [3.05, 3.63) is 70.7 Å². The molecule has 3 rings (SSSR count). The number of hydrazone groups is 1. The van der Waals surface area contributed by atoms with Crippen LogP contribution in [0.15, 0.2) is 59.7 Å². The highest BCUT2D eigenvalue weighted by Crippen LogP contribution is 2.25. The van der Waals surface area contributed by atoms with Gasteiger partial charge in [0.2, 0.25) is 11.8 Å². The molecule has 0 aliphatic heterocycles. The number of nitrogens with zero attached hydrogens (tertiary/aromatic N) is 1. The van der Waals surface area contributed by atoms with E-state index >= 15 is 0 Å². The number of amides is 2. The molecule has 0 aliphatic rings. The second-order valence-electron chi connectivity index (χ2n) is 6.20. The van der Waals surface area contributed by atoms with Crippen molar-refractivity contribution in [2.45, 2.75) is 13.3 Å². The number of carbonyl (C=O) groups excluding carboxylic acids is 2. The molecule has 0 heterocycles. The number of nitrogens with one attached hydrogen (secondary N) is 2. The molecule has 0 atom stereocenters. The number of aryl methyl sites for hydroxylation is 1. The van der Waals surface area contributed by atoms with Crippen LogP contribution >= 0.6 is 11.6 Å². The van der Waals surface area contributed by atoms with Gasteiger partial charge in [0.1, 0.15) is 12.2 Å². The lowest BCUT2D eigenvalue weighted by atomic mass is 10.0. The zero-order valence-electron chi connectivity index (χ0n) is 15.1.